The van der Waals surface area contributed by atoms with Gasteiger partial charge in [-0.15, -0.1) is 0 Å². The predicted molar refractivity (Wildman–Crippen MR) is 94.6 cm³/mol. The summed E-state index contributed by atoms with van der Waals surface area (Å²) in [6, 6.07) is 11.5. The zero-order chi connectivity index (χ0) is 17.4. The number of aromatic amines is 1. The first-order valence-electron chi connectivity index (χ1n) is 7.63. The van der Waals surface area contributed by atoms with Crippen LogP contribution in [0.2, 0.25) is 0 Å². The third kappa shape index (κ3) is 2.42. The minimum absolute atomic E-state index is 0.373. The average molecular weight is 330 g/mol. The van der Waals surface area contributed by atoms with E-state index in [1.165, 1.54) is 0 Å². The summed E-state index contributed by atoms with van der Waals surface area (Å²) in [7, 11) is 3.26. The lowest BCUT2D eigenvalue weighted by Crippen LogP contribution is -1.91. The van der Waals surface area contributed by atoms with E-state index in [0.717, 1.165) is 44.6 Å². The number of H-pyrrole nitrogens is 1. The number of fused-ring (bicyclic) bond motifs is 3. The molecule has 0 atom stereocenters. The van der Waals surface area contributed by atoms with Crippen LogP contribution in [0.25, 0.3) is 33.1 Å². The molecular weight excluding hydrogens is 316 g/mol. The zero-order valence-corrected chi connectivity index (χ0v) is 13.7. The highest BCUT2D eigenvalue weighted by Gasteiger charge is 2.12. The Hall–Kier alpha value is -3.59. The number of benzene rings is 1. The third-order valence-electron chi connectivity index (χ3n) is 4.17. The Labute approximate surface area is 143 Å². The SMILES string of the molecule is COc1ccc(OC)c(-c2cnc3[nH]c4cnc(C#N)cc4c3c2)c1. The molecule has 3 heterocycles. The van der Waals surface area contributed by atoms with Gasteiger partial charge in [0.1, 0.15) is 28.9 Å². The lowest BCUT2D eigenvalue weighted by atomic mass is 10.0. The van der Waals surface area contributed by atoms with Gasteiger partial charge in [-0.3, -0.25) is 0 Å². The highest BCUT2D eigenvalue weighted by atomic mass is 16.5. The molecule has 1 N–H and O–H groups in total. The van der Waals surface area contributed by atoms with Gasteiger partial charge in [0.25, 0.3) is 0 Å². The third-order valence-corrected chi connectivity index (χ3v) is 4.17. The number of methoxy groups -OCH3 is 2. The van der Waals surface area contributed by atoms with Crippen LogP contribution in [0.15, 0.2) is 42.7 Å². The molecule has 0 unspecified atom stereocenters. The topological polar surface area (TPSA) is 83.8 Å². The zero-order valence-electron chi connectivity index (χ0n) is 13.7. The number of aromatic nitrogens is 3. The van der Waals surface area contributed by atoms with E-state index in [-0.39, 0.29) is 0 Å². The van der Waals surface area contributed by atoms with Gasteiger partial charge in [-0.1, -0.05) is 0 Å². The number of hydrogen-bond donors (Lipinski definition) is 1. The summed E-state index contributed by atoms with van der Waals surface area (Å²) in [5, 5.41) is 10.9. The molecule has 0 aliphatic rings. The molecule has 6 nitrogen and oxygen atoms in total. The highest BCUT2D eigenvalue weighted by molar-refractivity contribution is 6.07. The summed E-state index contributed by atoms with van der Waals surface area (Å²) in [5.41, 5.74) is 3.76. The lowest BCUT2D eigenvalue weighted by molar-refractivity contribution is 0.404. The van der Waals surface area contributed by atoms with Crippen molar-refractivity contribution in [1.29, 1.82) is 5.26 Å². The molecule has 6 heteroatoms. The minimum Gasteiger partial charge on any atom is -0.497 e. The van der Waals surface area contributed by atoms with Gasteiger partial charge >= 0.3 is 0 Å². The Morgan fingerprint density at radius 1 is 1.00 bits per heavy atom. The summed E-state index contributed by atoms with van der Waals surface area (Å²) >= 11 is 0. The largest absolute Gasteiger partial charge is 0.497 e. The van der Waals surface area contributed by atoms with Crippen LogP contribution in [0.3, 0.4) is 0 Å². The molecule has 0 spiro atoms. The van der Waals surface area contributed by atoms with Gasteiger partial charge in [0.05, 0.1) is 25.9 Å². The lowest BCUT2D eigenvalue weighted by Gasteiger charge is -2.10. The maximum absolute atomic E-state index is 9.10. The average Bonchev–Trinajstić information content (AvgIpc) is 3.04. The van der Waals surface area contributed by atoms with Gasteiger partial charge in [0, 0.05) is 28.1 Å². The molecule has 0 saturated carbocycles. The van der Waals surface area contributed by atoms with Gasteiger partial charge in [0.2, 0.25) is 0 Å². The maximum atomic E-state index is 9.10. The van der Waals surface area contributed by atoms with Crippen molar-refractivity contribution in [2.75, 3.05) is 14.2 Å². The van der Waals surface area contributed by atoms with Crippen LogP contribution in [0.5, 0.6) is 11.5 Å². The second-order valence-electron chi connectivity index (χ2n) is 5.54. The number of nitriles is 1. The van der Waals surface area contributed by atoms with E-state index in [4.69, 9.17) is 14.7 Å². The van der Waals surface area contributed by atoms with Crippen LogP contribution in [-0.4, -0.2) is 29.2 Å². The van der Waals surface area contributed by atoms with E-state index in [0.29, 0.717) is 5.69 Å². The van der Waals surface area contributed by atoms with Gasteiger partial charge in [-0.25, -0.2) is 9.97 Å². The molecule has 0 radical (unpaired) electrons. The first-order valence-corrected chi connectivity index (χ1v) is 7.63. The Morgan fingerprint density at radius 2 is 1.88 bits per heavy atom. The van der Waals surface area contributed by atoms with Crippen LogP contribution >= 0.6 is 0 Å². The summed E-state index contributed by atoms with van der Waals surface area (Å²) in [6.07, 6.45) is 3.44. The van der Waals surface area contributed by atoms with E-state index in [1.54, 1.807) is 32.7 Å². The summed E-state index contributed by atoms with van der Waals surface area (Å²) in [5.74, 6) is 1.48. The molecule has 0 aliphatic carbocycles. The summed E-state index contributed by atoms with van der Waals surface area (Å²) < 4.78 is 10.8. The molecule has 25 heavy (non-hydrogen) atoms. The van der Waals surface area contributed by atoms with Gasteiger partial charge in [0.15, 0.2) is 0 Å². The Balaban J connectivity index is 1.97. The number of hydrogen-bond acceptors (Lipinski definition) is 5. The van der Waals surface area contributed by atoms with E-state index in [9.17, 15) is 0 Å². The van der Waals surface area contributed by atoms with Crippen molar-refractivity contribution in [2.45, 2.75) is 0 Å². The first kappa shape index (κ1) is 15.0. The van der Waals surface area contributed by atoms with Crippen molar-refractivity contribution in [3.8, 4) is 28.7 Å². The van der Waals surface area contributed by atoms with Gasteiger partial charge in [-0.2, -0.15) is 5.26 Å². The number of rotatable bonds is 3. The summed E-state index contributed by atoms with van der Waals surface area (Å²) in [6.45, 7) is 0. The normalized spacial score (nSPS) is 10.8. The predicted octanol–water partition coefficient (Wildman–Crippen LogP) is 3.67. The van der Waals surface area contributed by atoms with Gasteiger partial charge < -0.3 is 14.5 Å². The molecule has 3 aromatic heterocycles. The minimum atomic E-state index is 0.373. The molecule has 0 amide bonds. The molecule has 4 aromatic rings. The van der Waals surface area contributed by atoms with Crippen LogP contribution in [-0.2, 0) is 0 Å². The van der Waals surface area contributed by atoms with E-state index in [2.05, 4.69) is 21.0 Å². The maximum Gasteiger partial charge on any atom is 0.141 e. The highest BCUT2D eigenvalue weighted by Crippen LogP contribution is 2.35. The van der Waals surface area contributed by atoms with Crippen LogP contribution < -0.4 is 9.47 Å². The fourth-order valence-corrected chi connectivity index (χ4v) is 2.92. The van der Waals surface area contributed by atoms with Crippen molar-refractivity contribution < 1.29 is 9.47 Å². The van der Waals surface area contributed by atoms with Crippen molar-refractivity contribution >= 4 is 21.9 Å². The molecule has 0 fully saturated rings. The summed E-state index contributed by atoms with van der Waals surface area (Å²) in [4.78, 5) is 11.8. The van der Waals surface area contributed by atoms with E-state index < -0.39 is 0 Å². The number of nitrogens with zero attached hydrogens (tertiary/aromatic N) is 3. The van der Waals surface area contributed by atoms with E-state index >= 15 is 0 Å². The van der Waals surface area contributed by atoms with Gasteiger partial charge in [-0.05, 0) is 30.3 Å². The smallest absolute Gasteiger partial charge is 0.141 e. The molecule has 0 saturated heterocycles. The quantitative estimate of drug-likeness (QED) is 0.619. The van der Waals surface area contributed by atoms with Crippen LogP contribution in [0.4, 0.5) is 0 Å². The monoisotopic (exact) mass is 330 g/mol. The molecule has 1 aromatic carbocycles. The fourth-order valence-electron chi connectivity index (χ4n) is 2.92. The fraction of sp³-hybridized carbons (Fsp3) is 0.105. The van der Waals surface area contributed by atoms with Crippen molar-refractivity contribution in [3.63, 3.8) is 0 Å². The molecular formula is C19H14N4O2. The molecule has 4 rings (SSSR count). The number of pyridine rings is 2. The number of nitrogens with one attached hydrogen (secondary N) is 1. The van der Waals surface area contributed by atoms with Crippen molar-refractivity contribution in [1.82, 2.24) is 15.0 Å². The van der Waals surface area contributed by atoms with Crippen LogP contribution in [0.1, 0.15) is 5.69 Å². The second kappa shape index (κ2) is 5.80. The number of ether oxygens (including phenoxy) is 2. The molecule has 0 bridgehead atoms. The molecule has 0 aliphatic heterocycles. The van der Waals surface area contributed by atoms with Crippen molar-refractivity contribution in [2.24, 2.45) is 0 Å². The Morgan fingerprint density at radius 3 is 2.64 bits per heavy atom. The Bertz CT molecular complexity index is 1140. The van der Waals surface area contributed by atoms with E-state index in [1.807, 2.05) is 24.3 Å². The second-order valence-corrected chi connectivity index (χ2v) is 5.54. The molecule has 122 valence electrons. The Kier molecular flexibility index (Phi) is 3.47. The standard InChI is InChI=1S/C19H14N4O2/c1-24-13-3-4-18(25-2)14(7-13)11-5-16-15-6-12(8-20)21-10-17(15)23-19(16)22-9-11/h3-7,9-10H,1-2H3,(H,22,23). The first-order chi connectivity index (χ1) is 12.2. The van der Waals surface area contributed by atoms with Crippen LogP contribution in [0, 0.1) is 11.3 Å². The van der Waals surface area contributed by atoms with Crippen molar-refractivity contribution in [3.05, 3.63) is 48.4 Å².